The molecule has 2 aromatic rings. The summed E-state index contributed by atoms with van der Waals surface area (Å²) in [5.41, 5.74) is 1.44. The number of carbonyl (C=O) groups is 1. The molecule has 6 heteroatoms. The number of nitro benzene ring substituents is 1. The fourth-order valence-corrected chi connectivity index (χ4v) is 3.07. The summed E-state index contributed by atoms with van der Waals surface area (Å²) < 4.78 is 0.879. The molecule has 0 atom stereocenters. The van der Waals surface area contributed by atoms with E-state index in [1.807, 2.05) is 4.90 Å². The first-order chi connectivity index (χ1) is 11.1. The first-order valence-electron chi connectivity index (χ1n) is 7.40. The minimum Gasteiger partial charge on any atom is -0.366 e. The van der Waals surface area contributed by atoms with Crippen LogP contribution in [0.25, 0.3) is 0 Å². The molecule has 1 aliphatic rings. The van der Waals surface area contributed by atoms with Crippen molar-refractivity contribution in [2.75, 3.05) is 18.0 Å². The van der Waals surface area contributed by atoms with Crippen molar-refractivity contribution in [3.8, 4) is 0 Å². The van der Waals surface area contributed by atoms with E-state index in [1.54, 1.807) is 36.4 Å². The van der Waals surface area contributed by atoms with Gasteiger partial charge in [-0.2, -0.15) is 0 Å². The number of nitro groups is 1. The molecule has 0 saturated carbocycles. The molecule has 1 fully saturated rings. The molecule has 23 heavy (non-hydrogen) atoms. The van der Waals surface area contributed by atoms with E-state index in [-0.39, 0.29) is 11.5 Å². The minimum absolute atomic E-state index is 0.00476. The summed E-state index contributed by atoms with van der Waals surface area (Å²) in [6, 6.07) is 11.7. The van der Waals surface area contributed by atoms with Crippen LogP contribution < -0.4 is 4.90 Å². The number of hydrogen-bond donors (Lipinski definition) is 0. The summed E-state index contributed by atoms with van der Waals surface area (Å²) in [5, 5.41) is 11.4. The standard InChI is InChI=1S/C17H15BrN2O3/c18-14-6-3-12(4-7-14)17(21)13-5-8-15(16(11-13)20(22)23)19-9-1-2-10-19/h3-8,11H,1-2,9-10H2. The van der Waals surface area contributed by atoms with Gasteiger partial charge < -0.3 is 4.90 Å². The quantitative estimate of drug-likeness (QED) is 0.457. The zero-order chi connectivity index (χ0) is 16.4. The van der Waals surface area contributed by atoms with Gasteiger partial charge in [0.05, 0.1) is 4.92 Å². The summed E-state index contributed by atoms with van der Waals surface area (Å²) >= 11 is 3.32. The smallest absolute Gasteiger partial charge is 0.293 e. The summed E-state index contributed by atoms with van der Waals surface area (Å²) in [4.78, 5) is 25.5. The maximum Gasteiger partial charge on any atom is 0.293 e. The number of hydrogen-bond acceptors (Lipinski definition) is 4. The Balaban J connectivity index is 1.97. The molecule has 0 bridgehead atoms. The van der Waals surface area contributed by atoms with Gasteiger partial charge in [0, 0.05) is 34.8 Å². The van der Waals surface area contributed by atoms with Gasteiger partial charge in [-0.05, 0) is 49.2 Å². The van der Waals surface area contributed by atoms with Crippen molar-refractivity contribution >= 4 is 33.1 Å². The highest BCUT2D eigenvalue weighted by molar-refractivity contribution is 9.10. The molecular formula is C17H15BrN2O3. The van der Waals surface area contributed by atoms with E-state index in [1.165, 1.54) is 6.07 Å². The second kappa shape index (κ2) is 6.50. The van der Waals surface area contributed by atoms with Gasteiger partial charge in [0.1, 0.15) is 5.69 Å². The predicted molar refractivity (Wildman–Crippen MR) is 92.1 cm³/mol. The monoisotopic (exact) mass is 374 g/mol. The molecule has 5 nitrogen and oxygen atoms in total. The normalized spacial score (nSPS) is 14.0. The van der Waals surface area contributed by atoms with Gasteiger partial charge in [-0.15, -0.1) is 0 Å². The van der Waals surface area contributed by atoms with E-state index in [0.717, 1.165) is 30.4 Å². The van der Waals surface area contributed by atoms with Crippen LogP contribution in [0.5, 0.6) is 0 Å². The molecular weight excluding hydrogens is 360 g/mol. The summed E-state index contributed by atoms with van der Waals surface area (Å²) in [5.74, 6) is -0.214. The van der Waals surface area contributed by atoms with Crippen molar-refractivity contribution in [1.82, 2.24) is 0 Å². The Morgan fingerprint density at radius 1 is 1.04 bits per heavy atom. The van der Waals surface area contributed by atoms with Crippen LogP contribution in [0.4, 0.5) is 11.4 Å². The number of rotatable bonds is 4. The van der Waals surface area contributed by atoms with Crippen molar-refractivity contribution in [1.29, 1.82) is 0 Å². The molecule has 0 spiro atoms. The molecule has 0 amide bonds. The maximum atomic E-state index is 12.5. The van der Waals surface area contributed by atoms with Crippen LogP contribution in [0.3, 0.4) is 0 Å². The lowest BCUT2D eigenvalue weighted by molar-refractivity contribution is -0.384. The van der Waals surface area contributed by atoms with Gasteiger partial charge in [-0.25, -0.2) is 0 Å². The van der Waals surface area contributed by atoms with Gasteiger partial charge >= 0.3 is 0 Å². The van der Waals surface area contributed by atoms with Crippen LogP contribution in [0.2, 0.25) is 0 Å². The van der Waals surface area contributed by atoms with Crippen LogP contribution in [0.15, 0.2) is 46.9 Å². The van der Waals surface area contributed by atoms with Crippen molar-refractivity contribution in [2.24, 2.45) is 0 Å². The highest BCUT2D eigenvalue weighted by Crippen LogP contribution is 2.32. The topological polar surface area (TPSA) is 63.5 Å². The average molecular weight is 375 g/mol. The van der Waals surface area contributed by atoms with Gasteiger partial charge in [-0.3, -0.25) is 14.9 Å². The summed E-state index contributed by atoms with van der Waals surface area (Å²) in [7, 11) is 0. The van der Waals surface area contributed by atoms with E-state index >= 15 is 0 Å². The molecule has 3 rings (SSSR count). The molecule has 0 radical (unpaired) electrons. The van der Waals surface area contributed by atoms with Gasteiger partial charge in [0.15, 0.2) is 5.78 Å². The Bertz CT molecular complexity index is 753. The Morgan fingerprint density at radius 3 is 2.26 bits per heavy atom. The molecule has 0 aromatic heterocycles. The third-order valence-corrected chi connectivity index (χ3v) is 4.52. The molecule has 1 aliphatic heterocycles. The Hall–Kier alpha value is -2.21. The van der Waals surface area contributed by atoms with Gasteiger partial charge in [-0.1, -0.05) is 15.9 Å². The first kappa shape index (κ1) is 15.7. The van der Waals surface area contributed by atoms with Crippen molar-refractivity contribution in [3.63, 3.8) is 0 Å². The maximum absolute atomic E-state index is 12.5. The molecule has 118 valence electrons. The van der Waals surface area contributed by atoms with E-state index in [9.17, 15) is 14.9 Å². The van der Waals surface area contributed by atoms with Crippen LogP contribution in [0, 0.1) is 10.1 Å². The number of anilines is 1. The second-order valence-electron chi connectivity index (χ2n) is 5.49. The zero-order valence-corrected chi connectivity index (χ0v) is 14.0. The number of ketones is 1. The second-order valence-corrected chi connectivity index (χ2v) is 6.41. The lowest BCUT2D eigenvalue weighted by atomic mass is 10.0. The highest BCUT2D eigenvalue weighted by Gasteiger charge is 2.24. The third-order valence-electron chi connectivity index (χ3n) is 3.99. The van der Waals surface area contributed by atoms with Crippen LogP contribution in [-0.4, -0.2) is 23.8 Å². The molecule has 0 unspecified atom stereocenters. The fourth-order valence-electron chi connectivity index (χ4n) is 2.80. The van der Waals surface area contributed by atoms with E-state index in [4.69, 9.17) is 0 Å². The van der Waals surface area contributed by atoms with Crippen LogP contribution >= 0.6 is 15.9 Å². The Kier molecular flexibility index (Phi) is 4.43. The molecule has 0 N–H and O–H groups in total. The minimum atomic E-state index is -0.411. The predicted octanol–water partition coefficient (Wildman–Crippen LogP) is 4.19. The Labute approximate surface area is 142 Å². The van der Waals surface area contributed by atoms with Crippen molar-refractivity contribution in [2.45, 2.75) is 12.8 Å². The lowest BCUT2D eigenvalue weighted by Crippen LogP contribution is -2.19. The summed E-state index contributed by atoms with van der Waals surface area (Å²) in [6.45, 7) is 1.64. The summed E-state index contributed by atoms with van der Waals surface area (Å²) in [6.07, 6.45) is 2.08. The largest absolute Gasteiger partial charge is 0.366 e. The van der Waals surface area contributed by atoms with E-state index in [2.05, 4.69) is 15.9 Å². The van der Waals surface area contributed by atoms with Gasteiger partial charge in [0.25, 0.3) is 5.69 Å². The molecule has 0 aliphatic carbocycles. The fraction of sp³-hybridized carbons (Fsp3) is 0.235. The number of carbonyl (C=O) groups excluding carboxylic acids is 1. The number of nitrogens with zero attached hydrogens (tertiary/aromatic N) is 2. The number of benzene rings is 2. The van der Waals surface area contributed by atoms with Crippen LogP contribution in [-0.2, 0) is 0 Å². The molecule has 1 heterocycles. The van der Waals surface area contributed by atoms with Crippen molar-refractivity contribution < 1.29 is 9.72 Å². The molecule has 2 aromatic carbocycles. The SMILES string of the molecule is O=C(c1ccc(Br)cc1)c1ccc(N2CCCC2)c([N+](=O)[O-])c1. The number of halogens is 1. The van der Waals surface area contributed by atoms with Crippen LogP contribution in [0.1, 0.15) is 28.8 Å². The van der Waals surface area contributed by atoms with Gasteiger partial charge in [0.2, 0.25) is 0 Å². The van der Waals surface area contributed by atoms with E-state index < -0.39 is 4.92 Å². The lowest BCUT2D eigenvalue weighted by Gasteiger charge is -2.17. The third kappa shape index (κ3) is 3.27. The van der Waals surface area contributed by atoms with Crippen molar-refractivity contribution in [3.05, 3.63) is 68.2 Å². The molecule has 1 saturated heterocycles. The Morgan fingerprint density at radius 2 is 1.65 bits per heavy atom. The zero-order valence-electron chi connectivity index (χ0n) is 12.4. The highest BCUT2D eigenvalue weighted by atomic mass is 79.9. The first-order valence-corrected chi connectivity index (χ1v) is 8.19. The van der Waals surface area contributed by atoms with E-state index in [0.29, 0.717) is 16.8 Å². The average Bonchev–Trinajstić information content (AvgIpc) is 3.08.